The molecule has 3 aliphatic rings. The average Bonchev–Trinajstić information content (AvgIpc) is 3.57. The van der Waals surface area contributed by atoms with Crippen LogP contribution in [0.4, 0.5) is 0 Å². The lowest BCUT2D eigenvalue weighted by molar-refractivity contribution is 0.119. The fourth-order valence-electron chi connectivity index (χ4n) is 10.6. The van der Waals surface area contributed by atoms with Gasteiger partial charge < -0.3 is 0 Å². The Hall–Kier alpha value is -2.08. The minimum atomic E-state index is 0.0208. The third kappa shape index (κ3) is 6.69. The Morgan fingerprint density at radius 3 is 1.84 bits per heavy atom. The van der Waals surface area contributed by atoms with Gasteiger partial charge >= 0.3 is 0 Å². The SMILES string of the molecule is CCCCC1(Cc2ccccc2)C(CC(C)C)=C(C(C)(C)C)C(C2CCCC2)=C(C2CCCCC2)C1(CCC)c1ccccc1. The van der Waals surface area contributed by atoms with Gasteiger partial charge in [-0.15, -0.1) is 0 Å². The highest BCUT2D eigenvalue weighted by molar-refractivity contribution is 5.61. The molecule has 2 saturated carbocycles. The van der Waals surface area contributed by atoms with E-state index in [-0.39, 0.29) is 16.2 Å². The molecule has 45 heavy (non-hydrogen) atoms. The largest absolute Gasteiger partial charge is 0.0654 e. The first kappa shape index (κ1) is 34.3. The van der Waals surface area contributed by atoms with E-state index >= 15 is 0 Å². The molecule has 0 N–H and O–H groups in total. The molecule has 0 saturated heterocycles. The summed E-state index contributed by atoms with van der Waals surface area (Å²) in [5, 5.41) is 0. The molecular weight excluding hydrogens is 540 g/mol. The van der Waals surface area contributed by atoms with E-state index in [1.807, 2.05) is 22.3 Å². The van der Waals surface area contributed by atoms with Crippen LogP contribution >= 0.6 is 0 Å². The van der Waals surface area contributed by atoms with E-state index < -0.39 is 0 Å². The second-order valence-electron chi connectivity index (χ2n) is 16.7. The molecule has 0 spiro atoms. The molecule has 2 aromatic carbocycles. The molecule has 0 aliphatic heterocycles. The van der Waals surface area contributed by atoms with Gasteiger partial charge in [0.1, 0.15) is 0 Å². The highest BCUT2D eigenvalue weighted by Crippen LogP contribution is 2.69. The second-order valence-corrected chi connectivity index (χ2v) is 16.7. The molecule has 0 aromatic heterocycles. The van der Waals surface area contributed by atoms with Crippen molar-refractivity contribution >= 4 is 0 Å². The molecule has 0 nitrogen and oxygen atoms in total. The van der Waals surface area contributed by atoms with E-state index in [0.29, 0.717) is 11.8 Å². The zero-order valence-electron chi connectivity index (χ0n) is 30.3. The Bertz CT molecular complexity index is 1270. The minimum Gasteiger partial charge on any atom is -0.0654 e. The lowest BCUT2D eigenvalue weighted by atomic mass is 9.41. The average molecular weight is 607 g/mol. The number of benzene rings is 2. The van der Waals surface area contributed by atoms with Crippen molar-refractivity contribution in [3.8, 4) is 0 Å². The van der Waals surface area contributed by atoms with Crippen molar-refractivity contribution in [3.63, 3.8) is 0 Å². The third-order valence-corrected chi connectivity index (χ3v) is 12.1. The van der Waals surface area contributed by atoms with E-state index in [0.717, 1.165) is 12.3 Å². The summed E-state index contributed by atoms with van der Waals surface area (Å²) in [5.74, 6) is 2.06. The maximum atomic E-state index is 2.58. The van der Waals surface area contributed by atoms with Crippen LogP contribution in [-0.4, -0.2) is 0 Å². The van der Waals surface area contributed by atoms with Gasteiger partial charge in [-0.1, -0.05) is 172 Å². The lowest BCUT2D eigenvalue weighted by Crippen LogP contribution is -2.55. The topological polar surface area (TPSA) is 0 Å². The molecule has 246 valence electrons. The summed E-state index contributed by atoms with van der Waals surface area (Å²) in [4.78, 5) is 0. The van der Waals surface area contributed by atoms with Gasteiger partial charge in [-0.05, 0) is 96.8 Å². The summed E-state index contributed by atoms with van der Waals surface area (Å²) in [7, 11) is 0. The summed E-state index contributed by atoms with van der Waals surface area (Å²) < 4.78 is 0. The van der Waals surface area contributed by atoms with Crippen LogP contribution < -0.4 is 0 Å². The summed E-state index contributed by atoms with van der Waals surface area (Å²) in [6.45, 7) is 17.7. The number of hydrogen-bond acceptors (Lipinski definition) is 0. The van der Waals surface area contributed by atoms with Gasteiger partial charge in [0.15, 0.2) is 0 Å². The molecule has 2 aromatic rings. The highest BCUT2D eigenvalue weighted by Gasteiger charge is 2.61. The van der Waals surface area contributed by atoms with Crippen molar-refractivity contribution in [2.24, 2.45) is 28.6 Å². The summed E-state index contributed by atoms with van der Waals surface area (Å²) in [5.41, 5.74) is 10.9. The molecule has 2 fully saturated rings. The summed E-state index contributed by atoms with van der Waals surface area (Å²) in [6.07, 6.45) is 21.2. The molecule has 5 rings (SSSR count). The zero-order chi connectivity index (χ0) is 32.1. The van der Waals surface area contributed by atoms with Gasteiger partial charge in [0, 0.05) is 10.8 Å². The van der Waals surface area contributed by atoms with Crippen molar-refractivity contribution in [2.75, 3.05) is 0 Å². The quantitative estimate of drug-likeness (QED) is 0.225. The maximum Gasteiger partial charge on any atom is 0.0267 e. The van der Waals surface area contributed by atoms with Gasteiger partial charge in [-0.25, -0.2) is 0 Å². The van der Waals surface area contributed by atoms with E-state index in [2.05, 4.69) is 109 Å². The van der Waals surface area contributed by atoms with Crippen molar-refractivity contribution in [1.82, 2.24) is 0 Å². The Labute approximate surface area is 278 Å². The Morgan fingerprint density at radius 1 is 0.711 bits per heavy atom. The standard InChI is InChI=1S/C45H66/c1-8-10-31-44(33-35-22-14-11-15-23-35)39(32-34(3)4)42(43(5,6)7)40(36-24-20-21-25-36)41(37-26-16-12-17-27-37)45(44,30-9-2)38-28-18-13-19-29-38/h11,13-15,18-19,22-23,28-29,34,36-37H,8-10,12,16-17,20-21,24-27,30-33H2,1-7H3. The van der Waals surface area contributed by atoms with Crippen LogP contribution in [0.1, 0.15) is 156 Å². The van der Waals surface area contributed by atoms with Crippen molar-refractivity contribution in [2.45, 2.75) is 157 Å². The smallest absolute Gasteiger partial charge is 0.0267 e. The predicted octanol–water partition coefficient (Wildman–Crippen LogP) is 13.6. The van der Waals surface area contributed by atoms with Crippen LogP contribution in [0.25, 0.3) is 0 Å². The van der Waals surface area contributed by atoms with Crippen LogP contribution in [0.3, 0.4) is 0 Å². The number of hydrogen-bond donors (Lipinski definition) is 0. The van der Waals surface area contributed by atoms with Crippen molar-refractivity contribution in [1.29, 1.82) is 0 Å². The number of allylic oxidation sites excluding steroid dienone is 4. The van der Waals surface area contributed by atoms with Crippen LogP contribution in [0.5, 0.6) is 0 Å². The van der Waals surface area contributed by atoms with Crippen molar-refractivity contribution in [3.05, 3.63) is 94.1 Å². The Morgan fingerprint density at radius 2 is 1.29 bits per heavy atom. The van der Waals surface area contributed by atoms with Gasteiger partial charge in [-0.3, -0.25) is 0 Å². The molecule has 0 heterocycles. The van der Waals surface area contributed by atoms with E-state index in [1.54, 1.807) is 5.56 Å². The lowest BCUT2D eigenvalue weighted by Gasteiger charge is -2.62. The first-order valence-electron chi connectivity index (χ1n) is 19.3. The maximum absolute atomic E-state index is 2.58. The van der Waals surface area contributed by atoms with Gasteiger partial charge in [0.25, 0.3) is 0 Å². The Kier molecular flexibility index (Phi) is 11.3. The normalized spacial score (nSPS) is 25.5. The van der Waals surface area contributed by atoms with Gasteiger partial charge in [0.05, 0.1) is 0 Å². The van der Waals surface area contributed by atoms with E-state index in [1.165, 1.54) is 102 Å². The third-order valence-electron chi connectivity index (χ3n) is 12.1. The summed E-state index contributed by atoms with van der Waals surface area (Å²) in [6, 6.07) is 23.9. The molecular formula is C45H66. The molecule has 0 bridgehead atoms. The van der Waals surface area contributed by atoms with Crippen LogP contribution in [0.2, 0.25) is 0 Å². The molecule has 2 atom stereocenters. The number of rotatable bonds is 12. The first-order valence-corrected chi connectivity index (χ1v) is 19.3. The molecule has 0 amide bonds. The predicted molar refractivity (Wildman–Crippen MR) is 197 cm³/mol. The zero-order valence-corrected chi connectivity index (χ0v) is 30.3. The number of unbranched alkanes of at least 4 members (excludes halogenated alkanes) is 1. The molecule has 2 unspecified atom stereocenters. The van der Waals surface area contributed by atoms with Gasteiger partial charge in [-0.2, -0.15) is 0 Å². The van der Waals surface area contributed by atoms with Gasteiger partial charge in [0.2, 0.25) is 0 Å². The first-order chi connectivity index (χ1) is 21.7. The Balaban J connectivity index is 2.02. The fraction of sp³-hybridized carbons (Fsp3) is 0.644. The summed E-state index contributed by atoms with van der Waals surface area (Å²) >= 11 is 0. The highest BCUT2D eigenvalue weighted by atomic mass is 14.6. The molecule has 0 heteroatoms. The van der Waals surface area contributed by atoms with E-state index in [9.17, 15) is 0 Å². The van der Waals surface area contributed by atoms with Crippen LogP contribution in [-0.2, 0) is 11.8 Å². The van der Waals surface area contributed by atoms with Crippen LogP contribution in [0, 0.1) is 28.6 Å². The van der Waals surface area contributed by atoms with Crippen LogP contribution in [0.15, 0.2) is 83.0 Å². The molecule has 0 radical (unpaired) electrons. The fourth-order valence-corrected chi connectivity index (χ4v) is 10.6. The second kappa shape index (κ2) is 14.8. The van der Waals surface area contributed by atoms with E-state index in [4.69, 9.17) is 0 Å². The monoisotopic (exact) mass is 607 g/mol. The minimum absolute atomic E-state index is 0.0208. The van der Waals surface area contributed by atoms with Crippen molar-refractivity contribution < 1.29 is 0 Å². The molecule has 3 aliphatic carbocycles.